The highest BCUT2D eigenvalue weighted by atomic mass is 16.5. The van der Waals surface area contributed by atoms with E-state index in [2.05, 4.69) is 17.1 Å². The first-order chi connectivity index (χ1) is 12.4. The zero-order chi connectivity index (χ0) is 18.5. The quantitative estimate of drug-likeness (QED) is 0.878. The number of carbonyl (C=O) groups excluding carboxylic acids is 2. The van der Waals surface area contributed by atoms with Crippen molar-refractivity contribution in [3.05, 3.63) is 29.3 Å². The fraction of sp³-hybridized carbons (Fsp3) is 0.600. The first kappa shape index (κ1) is 17.5. The maximum absolute atomic E-state index is 13.3. The number of nitrogens with zero attached hydrogens (tertiary/aromatic N) is 2. The van der Waals surface area contributed by atoms with E-state index in [0.717, 1.165) is 37.3 Å². The van der Waals surface area contributed by atoms with Gasteiger partial charge in [0.2, 0.25) is 5.91 Å². The fourth-order valence-corrected chi connectivity index (χ4v) is 4.35. The van der Waals surface area contributed by atoms with E-state index in [4.69, 9.17) is 4.74 Å². The van der Waals surface area contributed by atoms with E-state index in [1.54, 1.807) is 0 Å². The second kappa shape index (κ2) is 6.35. The second-order valence-electron chi connectivity index (χ2n) is 8.00. The van der Waals surface area contributed by atoms with Crippen LogP contribution >= 0.6 is 0 Å². The zero-order valence-electron chi connectivity index (χ0n) is 15.7. The molecule has 2 atom stereocenters. The number of piperidine rings is 1. The van der Waals surface area contributed by atoms with Crippen LogP contribution in [0.15, 0.2) is 18.2 Å². The number of amides is 2. The van der Waals surface area contributed by atoms with E-state index in [1.165, 1.54) is 0 Å². The van der Waals surface area contributed by atoms with Crippen LogP contribution in [0, 0.1) is 0 Å². The largest absolute Gasteiger partial charge is 0.374 e. The number of morpholine rings is 1. The van der Waals surface area contributed by atoms with Gasteiger partial charge >= 0.3 is 0 Å². The summed E-state index contributed by atoms with van der Waals surface area (Å²) >= 11 is 0. The van der Waals surface area contributed by atoms with Crippen LogP contribution in [0.4, 0.5) is 5.69 Å². The molecule has 4 rings (SSSR count). The van der Waals surface area contributed by atoms with Crippen molar-refractivity contribution in [1.29, 1.82) is 0 Å². The Bertz CT molecular complexity index is 746. The Balaban J connectivity index is 1.61. The van der Waals surface area contributed by atoms with E-state index in [0.29, 0.717) is 18.7 Å². The Morgan fingerprint density at radius 2 is 2.15 bits per heavy atom. The Morgan fingerprint density at radius 3 is 2.92 bits per heavy atom. The average molecular weight is 357 g/mol. The van der Waals surface area contributed by atoms with Gasteiger partial charge in [0.15, 0.2) is 0 Å². The molecule has 2 fully saturated rings. The SMILES string of the molecule is CCN1CC[C@H]2OCCN(C(=O)c3ccc4c(c3)C(C)(C)C(=O)N4)[C@H]2C1. The van der Waals surface area contributed by atoms with Crippen LogP contribution in [0.25, 0.3) is 0 Å². The van der Waals surface area contributed by atoms with Crippen LogP contribution in [-0.2, 0) is 14.9 Å². The van der Waals surface area contributed by atoms with Crippen LogP contribution in [-0.4, -0.2) is 66.5 Å². The molecule has 6 heteroatoms. The maximum Gasteiger partial charge on any atom is 0.254 e. The molecule has 2 saturated heterocycles. The van der Waals surface area contributed by atoms with Crippen molar-refractivity contribution in [3.63, 3.8) is 0 Å². The fourth-order valence-electron chi connectivity index (χ4n) is 4.35. The smallest absolute Gasteiger partial charge is 0.254 e. The van der Waals surface area contributed by atoms with Crippen molar-refractivity contribution in [2.24, 2.45) is 0 Å². The number of fused-ring (bicyclic) bond motifs is 2. The van der Waals surface area contributed by atoms with Gasteiger partial charge in [0.1, 0.15) is 0 Å². The van der Waals surface area contributed by atoms with E-state index < -0.39 is 5.41 Å². The molecule has 140 valence electrons. The molecule has 6 nitrogen and oxygen atoms in total. The molecule has 0 aliphatic carbocycles. The summed E-state index contributed by atoms with van der Waals surface area (Å²) in [5, 5.41) is 2.90. The lowest BCUT2D eigenvalue weighted by atomic mass is 9.85. The topological polar surface area (TPSA) is 61.9 Å². The third-order valence-electron chi connectivity index (χ3n) is 6.13. The van der Waals surface area contributed by atoms with E-state index in [1.807, 2.05) is 36.9 Å². The van der Waals surface area contributed by atoms with Crippen LogP contribution in [0.5, 0.6) is 0 Å². The lowest BCUT2D eigenvalue weighted by Crippen LogP contribution is -2.61. The molecular formula is C20H27N3O3. The molecule has 26 heavy (non-hydrogen) atoms. The van der Waals surface area contributed by atoms with Gasteiger partial charge < -0.3 is 19.9 Å². The summed E-state index contributed by atoms with van der Waals surface area (Å²) < 4.78 is 5.94. The molecule has 0 aromatic heterocycles. The summed E-state index contributed by atoms with van der Waals surface area (Å²) in [7, 11) is 0. The molecule has 0 unspecified atom stereocenters. The highest BCUT2D eigenvalue weighted by Crippen LogP contribution is 2.38. The van der Waals surface area contributed by atoms with Crippen LogP contribution in [0.1, 0.15) is 43.1 Å². The van der Waals surface area contributed by atoms with Crippen molar-refractivity contribution < 1.29 is 14.3 Å². The molecule has 2 amide bonds. The van der Waals surface area contributed by atoms with Gasteiger partial charge in [-0.3, -0.25) is 9.59 Å². The van der Waals surface area contributed by atoms with Gasteiger partial charge in [0.05, 0.1) is 24.2 Å². The van der Waals surface area contributed by atoms with Crippen LogP contribution in [0.2, 0.25) is 0 Å². The summed E-state index contributed by atoms with van der Waals surface area (Å²) in [5.74, 6) is 0.0219. The maximum atomic E-state index is 13.3. The number of likely N-dealkylation sites (tertiary alicyclic amines) is 1. The highest BCUT2D eigenvalue weighted by Gasteiger charge is 2.41. The molecule has 1 aromatic rings. The lowest BCUT2D eigenvalue weighted by Gasteiger charge is -2.47. The minimum absolute atomic E-state index is 0.0191. The van der Waals surface area contributed by atoms with Gasteiger partial charge in [-0.15, -0.1) is 0 Å². The Kier molecular flexibility index (Phi) is 4.28. The van der Waals surface area contributed by atoms with Crippen LogP contribution < -0.4 is 5.32 Å². The number of benzene rings is 1. The molecular weight excluding hydrogens is 330 g/mol. The monoisotopic (exact) mass is 357 g/mol. The number of anilines is 1. The summed E-state index contributed by atoms with van der Waals surface area (Å²) in [6.07, 6.45) is 1.10. The van der Waals surface area contributed by atoms with Gasteiger partial charge in [0.25, 0.3) is 5.91 Å². The summed E-state index contributed by atoms with van der Waals surface area (Å²) in [5.41, 5.74) is 1.76. The van der Waals surface area contributed by atoms with Crippen molar-refractivity contribution >= 4 is 17.5 Å². The number of carbonyl (C=O) groups is 2. The summed E-state index contributed by atoms with van der Waals surface area (Å²) in [6.45, 7) is 10.0. The standard InChI is InChI=1S/C20H27N3O3/c1-4-22-8-7-17-16(12-22)23(9-10-26-17)18(24)13-5-6-15-14(11-13)20(2,3)19(25)21-15/h5-6,11,16-17H,4,7-10,12H2,1-3H3,(H,21,25)/t16-,17+/m0/s1. The second-order valence-corrected chi connectivity index (χ2v) is 8.00. The first-order valence-corrected chi connectivity index (χ1v) is 9.52. The van der Waals surface area contributed by atoms with Crippen LogP contribution in [0.3, 0.4) is 0 Å². The minimum atomic E-state index is -0.608. The van der Waals surface area contributed by atoms with Gasteiger partial charge in [-0.1, -0.05) is 6.92 Å². The van der Waals surface area contributed by atoms with Crippen molar-refractivity contribution in [2.45, 2.75) is 44.8 Å². The molecule has 0 bridgehead atoms. The molecule has 1 aromatic carbocycles. The minimum Gasteiger partial charge on any atom is -0.374 e. The molecule has 3 heterocycles. The molecule has 0 spiro atoms. The normalized spacial score (nSPS) is 27.7. The molecule has 1 N–H and O–H groups in total. The third kappa shape index (κ3) is 2.72. The number of likely N-dealkylation sites (N-methyl/N-ethyl adjacent to an activating group) is 1. The van der Waals surface area contributed by atoms with E-state index in [9.17, 15) is 9.59 Å². The van der Waals surface area contributed by atoms with Gasteiger partial charge in [0, 0.05) is 30.9 Å². The molecule has 3 aliphatic rings. The number of rotatable bonds is 2. The Labute approximate surface area is 154 Å². The lowest BCUT2D eigenvalue weighted by molar-refractivity contribution is -0.119. The van der Waals surface area contributed by atoms with E-state index >= 15 is 0 Å². The summed E-state index contributed by atoms with van der Waals surface area (Å²) in [6, 6.07) is 5.67. The molecule has 3 aliphatic heterocycles. The van der Waals surface area contributed by atoms with Gasteiger partial charge in [-0.05, 0) is 50.6 Å². The molecule has 0 radical (unpaired) electrons. The predicted octanol–water partition coefficient (Wildman–Crippen LogP) is 1.85. The van der Waals surface area contributed by atoms with Gasteiger partial charge in [-0.2, -0.15) is 0 Å². The predicted molar refractivity (Wildman–Crippen MR) is 99.4 cm³/mol. The van der Waals surface area contributed by atoms with Gasteiger partial charge in [-0.25, -0.2) is 0 Å². The van der Waals surface area contributed by atoms with Crippen molar-refractivity contribution in [3.8, 4) is 0 Å². The average Bonchev–Trinajstić information content (AvgIpc) is 2.88. The third-order valence-corrected chi connectivity index (χ3v) is 6.13. The summed E-state index contributed by atoms with van der Waals surface area (Å²) in [4.78, 5) is 29.8. The van der Waals surface area contributed by atoms with Crippen molar-refractivity contribution in [1.82, 2.24) is 9.80 Å². The number of hydrogen-bond donors (Lipinski definition) is 1. The highest BCUT2D eigenvalue weighted by molar-refractivity contribution is 6.07. The Morgan fingerprint density at radius 1 is 1.35 bits per heavy atom. The van der Waals surface area contributed by atoms with Crippen molar-refractivity contribution in [2.75, 3.05) is 38.1 Å². The number of ether oxygens (including phenoxy) is 1. The number of nitrogens with one attached hydrogen (secondary N) is 1. The first-order valence-electron chi connectivity index (χ1n) is 9.52. The zero-order valence-corrected chi connectivity index (χ0v) is 15.7. The Hall–Kier alpha value is -1.92. The molecule has 0 saturated carbocycles. The van der Waals surface area contributed by atoms with E-state index in [-0.39, 0.29) is 24.0 Å². The number of hydrogen-bond acceptors (Lipinski definition) is 4.